The fourth-order valence-electron chi connectivity index (χ4n) is 2.12. The second kappa shape index (κ2) is 8.73. The molecule has 0 aliphatic rings. The van der Waals surface area contributed by atoms with Crippen LogP contribution in [-0.4, -0.2) is 26.6 Å². The van der Waals surface area contributed by atoms with Gasteiger partial charge in [0.1, 0.15) is 0 Å². The minimum atomic E-state index is -4.45. The fraction of sp³-hybridized carbons (Fsp3) is 0.211. The predicted molar refractivity (Wildman–Crippen MR) is 94.4 cm³/mol. The highest BCUT2D eigenvalue weighted by Gasteiger charge is 2.30. The first-order chi connectivity index (χ1) is 12.7. The summed E-state index contributed by atoms with van der Waals surface area (Å²) in [5.74, 6) is 4.22. The van der Waals surface area contributed by atoms with E-state index in [-0.39, 0.29) is 29.2 Å². The predicted octanol–water partition coefficient (Wildman–Crippen LogP) is 3.04. The van der Waals surface area contributed by atoms with Crippen LogP contribution in [0.25, 0.3) is 0 Å². The molecule has 2 aromatic rings. The minimum Gasteiger partial charge on any atom is -0.345 e. The van der Waals surface area contributed by atoms with Crippen LogP contribution in [0.5, 0.6) is 0 Å². The van der Waals surface area contributed by atoms with Gasteiger partial charge in [-0.25, -0.2) is 8.42 Å². The third-order valence-electron chi connectivity index (χ3n) is 3.50. The monoisotopic (exact) mass is 395 g/mol. The molecule has 0 spiro atoms. The lowest BCUT2D eigenvalue weighted by Gasteiger charge is -2.06. The molecule has 8 heteroatoms. The van der Waals surface area contributed by atoms with Gasteiger partial charge in [0.2, 0.25) is 5.91 Å². The maximum absolute atomic E-state index is 12.6. The molecule has 2 aromatic carbocycles. The van der Waals surface area contributed by atoms with E-state index in [0.29, 0.717) is 0 Å². The van der Waals surface area contributed by atoms with E-state index in [4.69, 9.17) is 0 Å². The summed E-state index contributed by atoms with van der Waals surface area (Å²) in [7, 11) is -3.55. The topological polar surface area (TPSA) is 63.2 Å². The lowest BCUT2D eigenvalue weighted by atomic mass is 10.1. The van der Waals surface area contributed by atoms with Crippen LogP contribution >= 0.6 is 0 Å². The zero-order chi connectivity index (χ0) is 19.9. The van der Waals surface area contributed by atoms with Crippen LogP contribution in [0.15, 0.2) is 59.5 Å². The number of benzene rings is 2. The van der Waals surface area contributed by atoms with Gasteiger partial charge in [0.05, 0.1) is 22.8 Å². The van der Waals surface area contributed by atoms with Crippen LogP contribution in [-0.2, 0) is 20.8 Å². The molecule has 142 valence electrons. The lowest BCUT2D eigenvalue weighted by Crippen LogP contribution is -2.25. The van der Waals surface area contributed by atoms with E-state index in [2.05, 4.69) is 17.2 Å². The van der Waals surface area contributed by atoms with Crippen LogP contribution in [0.1, 0.15) is 17.5 Å². The Morgan fingerprint density at radius 2 is 1.74 bits per heavy atom. The molecule has 4 nitrogen and oxygen atoms in total. The Morgan fingerprint density at radius 1 is 1.04 bits per heavy atom. The Labute approximate surface area is 155 Å². The summed E-state index contributed by atoms with van der Waals surface area (Å²) >= 11 is 0. The molecule has 0 radical (unpaired) electrons. The van der Waals surface area contributed by atoms with Crippen LogP contribution < -0.4 is 5.32 Å². The highest BCUT2D eigenvalue weighted by molar-refractivity contribution is 7.91. The van der Waals surface area contributed by atoms with Crippen LogP contribution in [0.3, 0.4) is 0 Å². The van der Waals surface area contributed by atoms with E-state index >= 15 is 0 Å². The van der Waals surface area contributed by atoms with Crippen molar-refractivity contribution in [1.29, 1.82) is 0 Å². The summed E-state index contributed by atoms with van der Waals surface area (Å²) in [5.41, 5.74) is -0.629. The highest BCUT2D eigenvalue weighted by atomic mass is 32.2. The van der Waals surface area contributed by atoms with Crippen molar-refractivity contribution in [2.75, 3.05) is 12.3 Å². The minimum absolute atomic E-state index is 0.0968. The van der Waals surface area contributed by atoms with E-state index in [9.17, 15) is 26.4 Å². The quantitative estimate of drug-likeness (QED) is 0.792. The van der Waals surface area contributed by atoms with Crippen molar-refractivity contribution in [3.63, 3.8) is 0 Å². The SMILES string of the molecule is O=C(CCS(=O)(=O)c1ccccc1)NCC#Cc1cccc(C(F)(F)F)c1. The Hall–Kier alpha value is -2.79. The maximum atomic E-state index is 12.6. The van der Waals surface area contributed by atoms with Crippen molar-refractivity contribution < 1.29 is 26.4 Å². The molecule has 0 heterocycles. The summed E-state index contributed by atoms with van der Waals surface area (Å²) < 4.78 is 62.0. The summed E-state index contributed by atoms with van der Waals surface area (Å²) in [6, 6.07) is 12.3. The molecule has 0 aromatic heterocycles. The van der Waals surface area contributed by atoms with Gasteiger partial charge in [-0.2, -0.15) is 13.2 Å². The molecule has 0 aliphatic carbocycles. The molecule has 1 N–H and O–H groups in total. The summed E-state index contributed by atoms with van der Waals surface area (Å²) in [4.78, 5) is 11.9. The first-order valence-electron chi connectivity index (χ1n) is 7.89. The largest absolute Gasteiger partial charge is 0.416 e. The van der Waals surface area contributed by atoms with Gasteiger partial charge in [-0.05, 0) is 30.3 Å². The number of rotatable bonds is 5. The van der Waals surface area contributed by atoms with Gasteiger partial charge in [0, 0.05) is 12.0 Å². The van der Waals surface area contributed by atoms with E-state index in [1.165, 1.54) is 24.3 Å². The Bertz CT molecular complexity index is 959. The number of nitrogens with one attached hydrogen (secondary N) is 1. The molecule has 1 amide bonds. The molecule has 27 heavy (non-hydrogen) atoms. The lowest BCUT2D eigenvalue weighted by molar-refractivity contribution is -0.137. The van der Waals surface area contributed by atoms with Gasteiger partial charge >= 0.3 is 6.18 Å². The van der Waals surface area contributed by atoms with Crippen molar-refractivity contribution in [1.82, 2.24) is 5.32 Å². The molecule has 0 bridgehead atoms. The first-order valence-corrected chi connectivity index (χ1v) is 9.54. The van der Waals surface area contributed by atoms with Gasteiger partial charge < -0.3 is 5.32 Å². The fourth-order valence-corrected chi connectivity index (χ4v) is 3.39. The third kappa shape index (κ3) is 6.46. The molecule has 0 saturated carbocycles. The molecule has 0 unspecified atom stereocenters. The van der Waals surface area contributed by atoms with Gasteiger partial charge in [-0.3, -0.25) is 4.79 Å². The standard InChI is InChI=1S/C19H16F3NO3S/c20-19(21,22)16-8-4-6-15(14-16)7-5-12-23-18(24)11-13-27(25,26)17-9-2-1-3-10-17/h1-4,6,8-10,14H,11-13H2,(H,23,24). The van der Waals surface area contributed by atoms with E-state index in [1.54, 1.807) is 18.2 Å². The maximum Gasteiger partial charge on any atom is 0.416 e. The van der Waals surface area contributed by atoms with E-state index < -0.39 is 27.5 Å². The number of hydrogen-bond acceptors (Lipinski definition) is 3. The van der Waals surface area contributed by atoms with Crippen molar-refractivity contribution in [3.8, 4) is 11.8 Å². The summed E-state index contributed by atoms with van der Waals surface area (Å²) in [6.07, 6.45) is -4.68. The van der Waals surface area contributed by atoms with Crippen molar-refractivity contribution >= 4 is 15.7 Å². The number of amides is 1. The second-order valence-electron chi connectivity index (χ2n) is 5.54. The number of sulfone groups is 1. The molecule has 0 atom stereocenters. The number of carbonyl (C=O) groups excluding carboxylic acids is 1. The Balaban J connectivity index is 1.85. The van der Waals surface area contributed by atoms with Crippen LogP contribution in [0.4, 0.5) is 13.2 Å². The van der Waals surface area contributed by atoms with Crippen molar-refractivity contribution in [3.05, 3.63) is 65.7 Å². The van der Waals surface area contributed by atoms with Crippen molar-refractivity contribution in [2.24, 2.45) is 0 Å². The highest BCUT2D eigenvalue weighted by Crippen LogP contribution is 2.29. The van der Waals surface area contributed by atoms with Gasteiger partial charge in [-0.15, -0.1) is 0 Å². The Morgan fingerprint density at radius 3 is 2.41 bits per heavy atom. The number of halogens is 3. The number of carbonyl (C=O) groups is 1. The van der Waals surface area contributed by atoms with Gasteiger partial charge in [0.15, 0.2) is 9.84 Å². The summed E-state index contributed by atoms with van der Waals surface area (Å²) in [6.45, 7) is -0.0968. The Kier molecular flexibility index (Phi) is 6.64. The molecule has 2 rings (SSSR count). The molecule has 0 fully saturated rings. The van der Waals surface area contributed by atoms with Crippen LogP contribution in [0, 0.1) is 11.8 Å². The van der Waals surface area contributed by atoms with Crippen LogP contribution in [0.2, 0.25) is 0 Å². The first kappa shape index (κ1) is 20.5. The zero-order valence-corrected chi connectivity index (χ0v) is 14.9. The normalized spacial score (nSPS) is 11.4. The third-order valence-corrected chi connectivity index (χ3v) is 5.23. The molecule has 0 saturated heterocycles. The van der Waals surface area contributed by atoms with E-state index in [1.807, 2.05) is 0 Å². The smallest absolute Gasteiger partial charge is 0.345 e. The van der Waals surface area contributed by atoms with Gasteiger partial charge in [-0.1, -0.05) is 36.1 Å². The zero-order valence-electron chi connectivity index (χ0n) is 14.1. The second-order valence-corrected chi connectivity index (χ2v) is 7.65. The van der Waals surface area contributed by atoms with Crippen molar-refractivity contribution in [2.45, 2.75) is 17.5 Å². The van der Waals surface area contributed by atoms with Gasteiger partial charge in [0.25, 0.3) is 0 Å². The molecular weight excluding hydrogens is 379 g/mol. The molecule has 0 aliphatic heterocycles. The van der Waals surface area contributed by atoms with E-state index in [0.717, 1.165) is 12.1 Å². The average molecular weight is 395 g/mol. The summed E-state index contributed by atoms with van der Waals surface area (Å²) in [5, 5.41) is 2.42. The average Bonchev–Trinajstić information content (AvgIpc) is 2.64. The number of alkyl halides is 3. The molecular formula is C19H16F3NO3S. The number of hydrogen-bond donors (Lipinski definition) is 1.